The SMILES string of the molecule is [CH3][Ge]([CH3])([CH3])[c]1ccc(-c2cccc3c2Cc2ccccc2-3)nc1. The molecule has 0 amide bonds. The topological polar surface area (TPSA) is 12.9 Å². The number of pyridine rings is 1. The number of aromatic nitrogens is 1. The molecule has 23 heavy (non-hydrogen) atoms. The fourth-order valence-corrected chi connectivity index (χ4v) is 5.57. The van der Waals surface area contributed by atoms with Crippen LogP contribution in [0.2, 0.25) is 17.3 Å². The second kappa shape index (κ2) is 5.35. The number of fused-ring (bicyclic) bond motifs is 3. The van der Waals surface area contributed by atoms with Gasteiger partial charge in [-0.25, -0.2) is 0 Å². The number of nitrogens with zero attached hydrogens (tertiary/aromatic N) is 1. The number of benzene rings is 2. The van der Waals surface area contributed by atoms with Crippen molar-refractivity contribution in [2.24, 2.45) is 0 Å². The molecule has 1 aliphatic carbocycles. The quantitative estimate of drug-likeness (QED) is 0.465. The molecule has 1 nitrogen and oxygen atoms in total. The van der Waals surface area contributed by atoms with Gasteiger partial charge in [0.05, 0.1) is 0 Å². The Morgan fingerprint density at radius 1 is 0.783 bits per heavy atom. The Morgan fingerprint density at radius 2 is 1.52 bits per heavy atom. The third-order valence-electron chi connectivity index (χ3n) is 4.76. The first kappa shape index (κ1) is 14.7. The van der Waals surface area contributed by atoms with E-state index in [4.69, 9.17) is 4.98 Å². The number of rotatable bonds is 2. The van der Waals surface area contributed by atoms with Crippen LogP contribution in [0.3, 0.4) is 0 Å². The molecule has 0 N–H and O–H groups in total. The molecule has 4 rings (SSSR count). The van der Waals surface area contributed by atoms with Crippen LogP contribution in [-0.2, 0) is 6.42 Å². The van der Waals surface area contributed by atoms with Crippen molar-refractivity contribution in [3.63, 3.8) is 0 Å². The molecule has 0 atom stereocenters. The first-order valence-electron chi connectivity index (χ1n) is 8.21. The molecule has 1 heterocycles. The van der Waals surface area contributed by atoms with Crippen LogP contribution in [0, 0.1) is 0 Å². The Bertz CT molecular complexity index is 873. The van der Waals surface area contributed by atoms with Gasteiger partial charge in [0, 0.05) is 0 Å². The fourth-order valence-electron chi connectivity index (χ4n) is 3.39. The molecular weight excluding hydrogens is 339 g/mol. The Hall–Kier alpha value is -1.87. The Labute approximate surface area is 140 Å². The van der Waals surface area contributed by atoms with Crippen molar-refractivity contribution in [3.8, 4) is 22.4 Å². The molecule has 0 saturated heterocycles. The van der Waals surface area contributed by atoms with Crippen molar-refractivity contribution in [3.05, 3.63) is 71.9 Å². The zero-order valence-corrected chi connectivity index (χ0v) is 16.0. The van der Waals surface area contributed by atoms with E-state index in [0.29, 0.717) is 0 Å². The van der Waals surface area contributed by atoms with E-state index in [1.807, 2.05) is 0 Å². The van der Waals surface area contributed by atoms with Gasteiger partial charge in [0.2, 0.25) is 0 Å². The zero-order chi connectivity index (χ0) is 16.0. The van der Waals surface area contributed by atoms with Crippen molar-refractivity contribution in [1.29, 1.82) is 0 Å². The summed E-state index contributed by atoms with van der Waals surface area (Å²) in [5.41, 5.74) is 7.99. The molecule has 1 aliphatic rings. The summed E-state index contributed by atoms with van der Waals surface area (Å²) in [6, 6.07) is 19.9. The molecular formula is C21H21GeN. The minimum absolute atomic E-state index is 1.02. The van der Waals surface area contributed by atoms with Gasteiger partial charge in [-0.2, -0.15) is 0 Å². The van der Waals surface area contributed by atoms with Gasteiger partial charge in [-0.15, -0.1) is 0 Å². The van der Waals surface area contributed by atoms with Gasteiger partial charge in [0.1, 0.15) is 0 Å². The van der Waals surface area contributed by atoms with Gasteiger partial charge in [0.15, 0.2) is 0 Å². The molecule has 0 bridgehead atoms. The van der Waals surface area contributed by atoms with Crippen molar-refractivity contribution in [2.75, 3.05) is 0 Å². The molecule has 0 aliphatic heterocycles. The van der Waals surface area contributed by atoms with Gasteiger partial charge in [0.25, 0.3) is 0 Å². The molecule has 114 valence electrons. The van der Waals surface area contributed by atoms with Crippen LogP contribution < -0.4 is 4.40 Å². The average Bonchev–Trinajstić information content (AvgIpc) is 2.93. The van der Waals surface area contributed by atoms with E-state index in [1.54, 1.807) is 0 Å². The Kier molecular flexibility index (Phi) is 3.42. The van der Waals surface area contributed by atoms with Crippen LogP contribution in [0.15, 0.2) is 60.8 Å². The van der Waals surface area contributed by atoms with Crippen molar-refractivity contribution in [1.82, 2.24) is 4.98 Å². The average molecular weight is 360 g/mol. The second-order valence-corrected chi connectivity index (χ2v) is 18.0. The molecule has 1 aromatic heterocycles. The van der Waals surface area contributed by atoms with Gasteiger partial charge in [-0.3, -0.25) is 0 Å². The van der Waals surface area contributed by atoms with Crippen LogP contribution in [0.5, 0.6) is 0 Å². The fraction of sp³-hybridized carbons (Fsp3) is 0.190. The van der Waals surface area contributed by atoms with E-state index in [9.17, 15) is 0 Å². The minimum atomic E-state index is -1.79. The van der Waals surface area contributed by atoms with Crippen LogP contribution in [0.25, 0.3) is 22.4 Å². The second-order valence-electron chi connectivity index (χ2n) is 7.35. The summed E-state index contributed by atoms with van der Waals surface area (Å²) in [5.74, 6) is 7.23. The van der Waals surface area contributed by atoms with Crippen molar-refractivity contribution >= 4 is 17.7 Å². The normalized spacial score (nSPS) is 12.8. The Morgan fingerprint density at radius 3 is 2.26 bits per heavy atom. The third-order valence-corrected chi connectivity index (χ3v) is 9.01. The van der Waals surface area contributed by atoms with Gasteiger partial charge >= 0.3 is 141 Å². The third kappa shape index (κ3) is 2.53. The summed E-state index contributed by atoms with van der Waals surface area (Å²) in [6.07, 6.45) is 3.12. The van der Waals surface area contributed by atoms with E-state index in [1.165, 1.54) is 32.2 Å². The first-order chi connectivity index (χ1) is 11.0. The molecule has 0 saturated carbocycles. The summed E-state index contributed by atoms with van der Waals surface area (Å²) >= 11 is -1.79. The molecule has 0 radical (unpaired) electrons. The summed E-state index contributed by atoms with van der Waals surface area (Å²) in [4.78, 5) is 4.80. The van der Waals surface area contributed by atoms with Crippen molar-refractivity contribution in [2.45, 2.75) is 23.7 Å². The molecule has 2 heteroatoms. The molecule has 3 aromatic rings. The first-order valence-corrected chi connectivity index (χ1v) is 15.6. The summed E-state index contributed by atoms with van der Waals surface area (Å²) in [6.45, 7) is 0. The molecule has 0 fully saturated rings. The molecule has 0 unspecified atom stereocenters. The van der Waals surface area contributed by atoms with E-state index in [-0.39, 0.29) is 0 Å². The van der Waals surface area contributed by atoms with E-state index < -0.39 is 13.3 Å². The van der Waals surface area contributed by atoms with Crippen molar-refractivity contribution < 1.29 is 0 Å². The summed E-state index contributed by atoms with van der Waals surface area (Å²) < 4.78 is 1.46. The summed E-state index contributed by atoms with van der Waals surface area (Å²) in [5, 5.41) is 0. The Balaban J connectivity index is 1.80. The van der Waals surface area contributed by atoms with Crippen LogP contribution in [0.4, 0.5) is 0 Å². The predicted molar refractivity (Wildman–Crippen MR) is 101 cm³/mol. The maximum atomic E-state index is 4.80. The molecule has 2 aromatic carbocycles. The van der Waals surface area contributed by atoms with Gasteiger partial charge in [-0.05, 0) is 0 Å². The van der Waals surface area contributed by atoms with Gasteiger partial charge in [-0.1, -0.05) is 0 Å². The summed E-state index contributed by atoms with van der Waals surface area (Å²) in [7, 11) is 0. The predicted octanol–water partition coefficient (Wildman–Crippen LogP) is 4.87. The van der Waals surface area contributed by atoms with E-state index in [2.05, 4.69) is 78.1 Å². The van der Waals surface area contributed by atoms with E-state index >= 15 is 0 Å². The van der Waals surface area contributed by atoms with Crippen LogP contribution >= 0.6 is 0 Å². The van der Waals surface area contributed by atoms with Gasteiger partial charge < -0.3 is 0 Å². The standard InChI is InChI=1S/C21H21GeN/c1-22(2,3)16-11-12-21(23-14-16)19-10-6-9-18-17-8-5-4-7-15(17)13-20(18)19/h4-12,14H,13H2,1-3H3. The number of hydrogen-bond acceptors (Lipinski definition) is 1. The maximum absolute atomic E-state index is 4.80. The monoisotopic (exact) mass is 361 g/mol. The molecule has 0 spiro atoms. The van der Waals surface area contributed by atoms with E-state index in [0.717, 1.165) is 12.1 Å². The van der Waals surface area contributed by atoms with Crippen LogP contribution in [-0.4, -0.2) is 18.3 Å². The van der Waals surface area contributed by atoms with Crippen LogP contribution in [0.1, 0.15) is 11.1 Å². The number of hydrogen-bond donors (Lipinski definition) is 0. The zero-order valence-electron chi connectivity index (χ0n) is 13.9.